The van der Waals surface area contributed by atoms with E-state index in [1.165, 1.54) is 12.1 Å². The van der Waals surface area contributed by atoms with E-state index in [1.54, 1.807) is 48.5 Å². The highest BCUT2D eigenvalue weighted by Crippen LogP contribution is 2.24. The molecule has 1 N–H and O–H groups in total. The van der Waals surface area contributed by atoms with Crippen LogP contribution in [-0.2, 0) is 21.4 Å². The van der Waals surface area contributed by atoms with Crippen molar-refractivity contribution in [2.45, 2.75) is 24.4 Å². The van der Waals surface area contributed by atoms with E-state index in [4.69, 9.17) is 23.2 Å². The molecule has 1 amide bonds. The van der Waals surface area contributed by atoms with Crippen LogP contribution in [0.15, 0.2) is 82.2 Å². The second-order valence-corrected chi connectivity index (χ2v) is 10.9. The van der Waals surface area contributed by atoms with E-state index >= 15 is 0 Å². The number of hydrogen-bond donors (Lipinski definition) is 1. The zero-order chi connectivity index (χ0) is 23.3. The van der Waals surface area contributed by atoms with Gasteiger partial charge in [0.2, 0.25) is 15.9 Å². The van der Waals surface area contributed by atoms with Crippen LogP contribution in [0.25, 0.3) is 0 Å². The van der Waals surface area contributed by atoms with Gasteiger partial charge in [-0.05, 0) is 60.5 Å². The molecule has 32 heavy (non-hydrogen) atoms. The molecule has 0 aromatic heterocycles. The van der Waals surface area contributed by atoms with E-state index in [2.05, 4.69) is 21.2 Å². The van der Waals surface area contributed by atoms with Crippen molar-refractivity contribution in [3.63, 3.8) is 0 Å². The molecule has 1 atom stereocenters. The summed E-state index contributed by atoms with van der Waals surface area (Å²) in [6.07, 6.45) is 0. The largest absolute Gasteiger partial charge is 0.348 e. The maximum Gasteiger partial charge on any atom is 0.243 e. The molecule has 0 unspecified atom stereocenters. The quantitative estimate of drug-likeness (QED) is 0.380. The predicted molar refractivity (Wildman–Crippen MR) is 131 cm³/mol. The lowest BCUT2D eigenvalue weighted by atomic mass is 10.1. The average molecular weight is 556 g/mol. The maximum atomic E-state index is 13.4. The Morgan fingerprint density at radius 3 is 2.25 bits per heavy atom. The summed E-state index contributed by atoms with van der Waals surface area (Å²) < 4.78 is 28.6. The second-order valence-electron chi connectivity index (χ2n) is 7.16. The van der Waals surface area contributed by atoms with Gasteiger partial charge in [-0.15, -0.1) is 0 Å². The number of amides is 1. The van der Waals surface area contributed by atoms with Gasteiger partial charge in [-0.2, -0.15) is 4.31 Å². The van der Waals surface area contributed by atoms with Gasteiger partial charge < -0.3 is 5.32 Å². The van der Waals surface area contributed by atoms with Gasteiger partial charge in [-0.3, -0.25) is 4.79 Å². The summed E-state index contributed by atoms with van der Waals surface area (Å²) in [5.74, 6) is -0.430. The highest BCUT2D eigenvalue weighted by Gasteiger charge is 2.28. The Bertz CT molecular complexity index is 1190. The van der Waals surface area contributed by atoms with Crippen molar-refractivity contribution in [3.8, 4) is 0 Å². The lowest BCUT2D eigenvalue weighted by molar-refractivity contribution is -0.122. The minimum Gasteiger partial charge on any atom is -0.348 e. The SMILES string of the molecule is C[C@H](NC(=O)CN(Cc1ccccc1Cl)S(=O)(=O)c1ccc(Br)cc1)c1ccc(Cl)cc1. The summed E-state index contributed by atoms with van der Waals surface area (Å²) in [6, 6.07) is 20.0. The van der Waals surface area contributed by atoms with Gasteiger partial charge >= 0.3 is 0 Å². The Morgan fingerprint density at radius 2 is 1.62 bits per heavy atom. The monoisotopic (exact) mass is 554 g/mol. The number of carbonyl (C=O) groups is 1. The van der Waals surface area contributed by atoms with Crippen LogP contribution in [0.3, 0.4) is 0 Å². The van der Waals surface area contributed by atoms with Crippen LogP contribution in [0.2, 0.25) is 10.0 Å². The van der Waals surface area contributed by atoms with E-state index in [9.17, 15) is 13.2 Å². The normalized spacial score (nSPS) is 12.5. The first-order chi connectivity index (χ1) is 15.2. The van der Waals surface area contributed by atoms with Crippen molar-refractivity contribution in [2.24, 2.45) is 0 Å². The molecule has 9 heteroatoms. The number of rotatable bonds is 8. The molecule has 0 aliphatic rings. The lowest BCUT2D eigenvalue weighted by Gasteiger charge is -2.24. The zero-order valence-corrected chi connectivity index (χ0v) is 21.0. The number of hydrogen-bond acceptors (Lipinski definition) is 3. The van der Waals surface area contributed by atoms with Gasteiger partial charge in [0, 0.05) is 21.1 Å². The Balaban J connectivity index is 1.84. The highest BCUT2D eigenvalue weighted by molar-refractivity contribution is 9.10. The summed E-state index contributed by atoms with van der Waals surface area (Å²) in [7, 11) is -3.96. The number of nitrogens with one attached hydrogen (secondary N) is 1. The molecular formula is C23H21BrCl2N2O3S. The Kier molecular flexibility index (Phi) is 8.36. The Labute approximate surface area is 206 Å². The molecule has 3 aromatic rings. The summed E-state index contributed by atoms with van der Waals surface area (Å²) in [5.41, 5.74) is 1.46. The van der Waals surface area contributed by atoms with E-state index < -0.39 is 15.9 Å². The fraction of sp³-hybridized carbons (Fsp3) is 0.174. The van der Waals surface area contributed by atoms with Crippen LogP contribution >= 0.6 is 39.1 Å². The fourth-order valence-corrected chi connectivity index (χ4v) is 5.04. The van der Waals surface area contributed by atoms with E-state index in [0.717, 1.165) is 14.3 Å². The molecule has 0 radical (unpaired) electrons. The van der Waals surface area contributed by atoms with Crippen LogP contribution in [0.1, 0.15) is 24.1 Å². The molecule has 168 valence electrons. The molecule has 3 aromatic carbocycles. The van der Waals surface area contributed by atoms with Gasteiger partial charge in [0.1, 0.15) is 0 Å². The topological polar surface area (TPSA) is 66.5 Å². The first-order valence-corrected chi connectivity index (χ1v) is 12.7. The van der Waals surface area contributed by atoms with Crippen molar-refractivity contribution < 1.29 is 13.2 Å². The summed E-state index contributed by atoms with van der Waals surface area (Å²) in [4.78, 5) is 12.9. The lowest BCUT2D eigenvalue weighted by Crippen LogP contribution is -2.41. The van der Waals surface area contributed by atoms with Crippen LogP contribution in [0, 0.1) is 0 Å². The number of sulfonamides is 1. The van der Waals surface area contributed by atoms with Gasteiger partial charge in [0.05, 0.1) is 17.5 Å². The minimum absolute atomic E-state index is 0.0409. The molecular weight excluding hydrogens is 535 g/mol. The van der Waals surface area contributed by atoms with Gasteiger partial charge in [-0.1, -0.05) is 69.5 Å². The van der Waals surface area contributed by atoms with Crippen molar-refractivity contribution in [1.29, 1.82) is 0 Å². The molecule has 0 saturated heterocycles. The highest BCUT2D eigenvalue weighted by atomic mass is 79.9. The van der Waals surface area contributed by atoms with E-state index in [0.29, 0.717) is 15.6 Å². The van der Waals surface area contributed by atoms with E-state index in [1.807, 2.05) is 19.1 Å². The first-order valence-electron chi connectivity index (χ1n) is 9.71. The third-order valence-electron chi connectivity index (χ3n) is 4.82. The van der Waals surface area contributed by atoms with Crippen molar-refractivity contribution >= 4 is 55.1 Å². The third kappa shape index (κ3) is 6.33. The Morgan fingerprint density at radius 1 is 1.00 bits per heavy atom. The van der Waals surface area contributed by atoms with Crippen LogP contribution < -0.4 is 5.32 Å². The molecule has 5 nitrogen and oxygen atoms in total. The molecule has 0 spiro atoms. The minimum atomic E-state index is -3.96. The molecule has 3 rings (SSSR count). The van der Waals surface area contributed by atoms with Crippen molar-refractivity contribution in [3.05, 3.63) is 98.4 Å². The van der Waals surface area contributed by atoms with Crippen LogP contribution in [0.4, 0.5) is 0 Å². The number of halogens is 3. The molecule has 0 bridgehead atoms. The molecule has 0 fully saturated rings. The zero-order valence-electron chi connectivity index (χ0n) is 17.1. The van der Waals surface area contributed by atoms with Gasteiger partial charge in [0.25, 0.3) is 0 Å². The molecule has 0 heterocycles. The van der Waals surface area contributed by atoms with Gasteiger partial charge in [-0.25, -0.2) is 8.42 Å². The summed E-state index contributed by atoms with van der Waals surface area (Å²) in [5, 5.41) is 3.88. The molecule has 0 aliphatic heterocycles. The van der Waals surface area contributed by atoms with E-state index in [-0.39, 0.29) is 24.0 Å². The summed E-state index contributed by atoms with van der Waals surface area (Å²) in [6.45, 7) is 1.42. The Hall–Kier alpha value is -1.90. The molecule has 0 aliphatic carbocycles. The van der Waals surface area contributed by atoms with Crippen LogP contribution in [0.5, 0.6) is 0 Å². The smallest absolute Gasteiger partial charge is 0.243 e. The predicted octanol–water partition coefficient (Wildman–Crippen LogP) is 5.82. The average Bonchev–Trinajstić information content (AvgIpc) is 2.75. The molecule has 0 saturated carbocycles. The van der Waals surface area contributed by atoms with Crippen molar-refractivity contribution in [2.75, 3.05) is 6.54 Å². The second kappa shape index (κ2) is 10.8. The number of carbonyl (C=O) groups excluding carboxylic acids is 1. The maximum absolute atomic E-state index is 13.4. The fourth-order valence-electron chi connectivity index (χ4n) is 3.08. The standard InChI is InChI=1S/C23H21BrCl2N2O3S/c1-16(17-6-10-20(25)11-7-17)27-23(29)15-28(14-18-4-2-3-5-22(18)26)32(30,31)21-12-8-19(24)9-13-21/h2-13,16H,14-15H2,1H3,(H,27,29)/t16-/m0/s1. The van der Waals surface area contributed by atoms with Gasteiger partial charge in [0.15, 0.2) is 0 Å². The van der Waals surface area contributed by atoms with Crippen molar-refractivity contribution in [1.82, 2.24) is 9.62 Å². The third-order valence-corrected chi connectivity index (χ3v) is 7.78. The van der Waals surface area contributed by atoms with Crippen LogP contribution in [-0.4, -0.2) is 25.2 Å². The number of nitrogens with zero attached hydrogens (tertiary/aromatic N) is 1. The first kappa shape index (κ1) is 24.7. The number of benzene rings is 3. The summed E-state index contributed by atoms with van der Waals surface area (Å²) >= 11 is 15.5.